The van der Waals surface area contributed by atoms with E-state index in [1.165, 1.54) is 0 Å². The predicted molar refractivity (Wildman–Crippen MR) is 88.4 cm³/mol. The summed E-state index contributed by atoms with van der Waals surface area (Å²) in [5, 5.41) is 4.91. The number of anilines is 1. The molecular weight excluding hydrogens is 313 g/mol. The van der Waals surface area contributed by atoms with E-state index in [1.807, 2.05) is 42.3 Å². The molecular formula is C14H13Cl2N3S. The van der Waals surface area contributed by atoms with Gasteiger partial charge in [-0.1, -0.05) is 35.3 Å². The lowest BCUT2D eigenvalue weighted by Gasteiger charge is -2.21. The van der Waals surface area contributed by atoms with Crippen LogP contribution in [0.1, 0.15) is 5.56 Å². The number of pyridine rings is 1. The third-order valence-electron chi connectivity index (χ3n) is 2.63. The van der Waals surface area contributed by atoms with Gasteiger partial charge in [-0.3, -0.25) is 0 Å². The molecule has 0 aliphatic heterocycles. The molecule has 0 bridgehead atoms. The Morgan fingerprint density at radius 3 is 2.75 bits per heavy atom. The number of rotatable bonds is 3. The summed E-state index contributed by atoms with van der Waals surface area (Å²) < 4.78 is 0. The van der Waals surface area contributed by atoms with E-state index in [4.69, 9.17) is 35.4 Å². The van der Waals surface area contributed by atoms with Gasteiger partial charge in [-0.15, -0.1) is 0 Å². The van der Waals surface area contributed by atoms with Crippen LogP contribution in [0.3, 0.4) is 0 Å². The topological polar surface area (TPSA) is 28.2 Å². The quantitative estimate of drug-likeness (QED) is 0.675. The highest BCUT2D eigenvalue weighted by Gasteiger charge is 2.06. The first-order valence-electron chi connectivity index (χ1n) is 5.93. The van der Waals surface area contributed by atoms with Gasteiger partial charge < -0.3 is 10.2 Å². The van der Waals surface area contributed by atoms with E-state index in [0.717, 1.165) is 11.3 Å². The van der Waals surface area contributed by atoms with Gasteiger partial charge in [0.05, 0.1) is 0 Å². The first kappa shape index (κ1) is 15.0. The Hall–Kier alpha value is -1.36. The first-order valence-corrected chi connectivity index (χ1v) is 7.09. The molecule has 1 heterocycles. The van der Waals surface area contributed by atoms with Gasteiger partial charge in [-0.25, -0.2) is 4.98 Å². The number of nitrogens with zero attached hydrogens (tertiary/aromatic N) is 2. The Morgan fingerprint density at radius 1 is 1.30 bits per heavy atom. The summed E-state index contributed by atoms with van der Waals surface area (Å²) in [5.74, 6) is 0. The lowest BCUT2D eigenvalue weighted by atomic mass is 10.3. The number of hydrogen-bond donors (Lipinski definition) is 1. The maximum absolute atomic E-state index is 5.93. The molecule has 2 rings (SSSR count). The zero-order valence-electron chi connectivity index (χ0n) is 10.8. The lowest BCUT2D eigenvalue weighted by Crippen LogP contribution is -2.30. The molecule has 0 aliphatic rings. The van der Waals surface area contributed by atoms with Crippen LogP contribution in [0.25, 0.3) is 0 Å². The Kier molecular flexibility index (Phi) is 5.17. The molecule has 0 saturated carbocycles. The molecule has 0 aliphatic carbocycles. The summed E-state index contributed by atoms with van der Waals surface area (Å²) in [6, 6.07) is 11.1. The normalized spacial score (nSPS) is 10.2. The minimum atomic E-state index is 0.482. The van der Waals surface area contributed by atoms with Crippen LogP contribution in [-0.2, 0) is 6.54 Å². The number of halogens is 2. The Morgan fingerprint density at radius 2 is 2.10 bits per heavy atom. The van der Waals surface area contributed by atoms with Crippen LogP contribution in [0.4, 0.5) is 5.69 Å². The molecule has 1 aromatic carbocycles. The second kappa shape index (κ2) is 6.88. The Bertz CT molecular complexity index is 602. The van der Waals surface area contributed by atoms with Crippen LogP contribution < -0.4 is 5.32 Å². The molecule has 104 valence electrons. The highest BCUT2D eigenvalue weighted by Crippen LogP contribution is 2.15. The van der Waals surface area contributed by atoms with Crippen molar-refractivity contribution >= 4 is 46.2 Å². The fourth-order valence-electron chi connectivity index (χ4n) is 1.63. The Labute approximate surface area is 133 Å². The minimum absolute atomic E-state index is 0.482. The number of nitrogens with one attached hydrogen (secondary N) is 1. The summed E-state index contributed by atoms with van der Waals surface area (Å²) in [4.78, 5) is 5.96. The van der Waals surface area contributed by atoms with Crippen molar-refractivity contribution in [3.8, 4) is 0 Å². The van der Waals surface area contributed by atoms with Gasteiger partial charge in [-0.2, -0.15) is 0 Å². The summed E-state index contributed by atoms with van der Waals surface area (Å²) in [6.07, 6.45) is 1.74. The summed E-state index contributed by atoms with van der Waals surface area (Å²) in [5.41, 5.74) is 1.90. The van der Waals surface area contributed by atoms with Gasteiger partial charge in [0, 0.05) is 30.5 Å². The monoisotopic (exact) mass is 325 g/mol. The molecule has 0 radical (unpaired) electrons. The van der Waals surface area contributed by atoms with Crippen molar-refractivity contribution in [3.63, 3.8) is 0 Å². The van der Waals surface area contributed by atoms with E-state index < -0.39 is 0 Å². The van der Waals surface area contributed by atoms with Crippen molar-refractivity contribution in [2.24, 2.45) is 0 Å². The van der Waals surface area contributed by atoms with Crippen LogP contribution in [0.15, 0.2) is 42.6 Å². The van der Waals surface area contributed by atoms with Crippen molar-refractivity contribution in [2.75, 3.05) is 12.4 Å². The number of aromatic nitrogens is 1. The molecule has 0 atom stereocenters. The molecule has 0 fully saturated rings. The van der Waals surface area contributed by atoms with E-state index in [9.17, 15) is 0 Å². The summed E-state index contributed by atoms with van der Waals surface area (Å²) in [7, 11) is 1.91. The van der Waals surface area contributed by atoms with E-state index in [0.29, 0.717) is 21.8 Å². The van der Waals surface area contributed by atoms with Gasteiger partial charge in [0.15, 0.2) is 5.11 Å². The molecule has 0 unspecified atom stereocenters. The molecule has 0 saturated heterocycles. The average Bonchev–Trinajstić information content (AvgIpc) is 2.41. The molecule has 6 heteroatoms. The van der Waals surface area contributed by atoms with Crippen molar-refractivity contribution in [1.29, 1.82) is 0 Å². The fraction of sp³-hybridized carbons (Fsp3) is 0.143. The fourth-order valence-corrected chi connectivity index (χ4v) is 2.12. The van der Waals surface area contributed by atoms with Crippen molar-refractivity contribution in [3.05, 3.63) is 58.3 Å². The molecule has 1 aromatic heterocycles. The van der Waals surface area contributed by atoms with Crippen molar-refractivity contribution < 1.29 is 0 Å². The second-order valence-corrected chi connectivity index (χ2v) is 5.50. The number of thiocarbonyl (C=S) groups is 1. The van der Waals surface area contributed by atoms with E-state index in [1.54, 1.807) is 12.3 Å². The number of hydrogen-bond acceptors (Lipinski definition) is 2. The zero-order chi connectivity index (χ0) is 14.5. The molecule has 3 nitrogen and oxygen atoms in total. The lowest BCUT2D eigenvalue weighted by molar-refractivity contribution is 0.507. The molecule has 2 aromatic rings. The van der Waals surface area contributed by atoms with Crippen LogP contribution in [0.5, 0.6) is 0 Å². The van der Waals surface area contributed by atoms with Gasteiger partial charge in [0.1, 0.15) is 5.15 Å². The van der Waals surface area contributed by atoms with Crippen molar-refractivity contribution in [2.45, 2.75) is 6.54 Å². The largest absolute Gasteiger partial charge is 0.348 e. The third kappa shape index (κ3) is 4.34. The number of benzene rings is 1. The third-order valence-corrected chi connectivity index (χ3v) is 3.50. The standard InChI is InChI=1S/C14H13Cl2N3S/c1-19(9-10-5-6-13(16)17-8-10)14(20)18-12-4-2-3-11(15)7-12/h2-8H,9H2,1H3,(H,18,20). The minimum Gasteiger partial charge on any atom is -0.348 e. The summed E-state index contributed by atoms with van der Waals surface area (Å²) >= 11 is 17.0. The molecule has 0 amide bonds. The highest BCUT2D eigenvalue weighted by molar-refractivity contribution is 7.80. The molecule has 0 spiro atoms. The predicted octanol–water partition coefficient (Wildman–Crippen LogP) is 4.22. The van der Waals surface area contributed by atoms with E-state index >= 15 is 0 Å². The van der Waals surface area contributed by atoms with Gasteiger partial charge >= 0.3 is 0 Å². The molecule has 20 heavy (non-hydrogen) atoms. The van der Waals surface area contributed by atoms with E-state index in [-0.39, 0.29) is 0 Å². The average molecular weight is 326 g/mol. The van der Waals surface area contributed by atoms with Crippen LogP contribution in [0.2, 0.25) is 10.2 Å². The van der Waals surface area contributed by atoms with Gasteiger partial charge in [0.25, 0.3) is 0 Å². The SMILES string of the molecule is CN(Cc1ccc(Cl)nc1)C(=S)Nc1cccc(Cl)c1. The van der Waals surface area contributed by atoms with Crippen LogP contribution >= 0.6 is 35.4 Å². The highest BCUT2D eigenvalue weighted by atomic mass is 35.5. The second-order valence-electron chi connectivity index (χ2n) is 4.29. The van der Waals surface area contributed by atoms with Crippen LogP contribution in [-0.4, -0.2) is 22.0 Å². The van der Waals surface area contributed by atoms with Crippen molar-refractivity contribution in [1.82, 2.24) is 9.88 Å². The maximum atomic E-state index is 5.93. The summed E-state index contributed by atoms with van der Waals surface area (Å²) in [6.45, 7) is 0.649. The smallest absolute Gasteiger partial charge is 0.173 e. The van der Waals surface area contributed by atoms with Gasteiger partial charge in [0.2, 0.25) is 0 Å². The zero-order valence-corrected chi connectivity index (χ0v) is 13.1. The maximum Gasteiger partial charge on any atom is 0.173 e. The van der Waals surface area contributed by atoms with Gasteiger partial charge in [-0.05, 0) is 42.0 Å². The van der Waals surface area contributed by atoms with E-state index in [2.05, 4.69) is 10.3 Å². The Balaban J connectivity index is 1.96. The first-order chi connectivity index (χ1) is 9.54. The molecule has 1 N–H and O–H groups in total. The van der Waals surface area contributed by atoms with Crippen LogP contribution in [0, 0.1) is 0 Å².